The third kappa shape index (κ3) is 2.62. The molecule has 2 fully saturated rings. The molecule has 6 rings (SSSR count). The van der Waals surface area contributed by atoms with E-state index in [1.807, 2.05) is 6.07 Å². The zero-order chi connectivity index (χ0) is 24.2. The molecular formula is C25H30N2O7. The van der Waals surface area contributed by atoms with E-state index in [2.05, 4.69) is 10.2 Å². The van der Waals surface area contributed by atoms with E-state index in [9.17, 15) is 30.0 Å². The molecule has 5 aliphatic rings. The first kappa shape index (κ1) is 21.7. The lowest BCUT2D eigenvalue weighted by atomic mass is 9.49. The number of hydrogen-bond acceptors (Lipinski definition) is 7. The second-order valence-corrected chi connectivity index (χ2v) is 11.2. The number of phenols is 1. The summed E-state index contributed by atoms with van der Waals surface area (Å²) in [6, 6.07) is 3.16. The molecule has 9 heteroatoms. The topological polar surface area (TPSA) is 140 Å². The van der Waals surface area contributed by atoms with Crippen LogP contribution in [-0.4, -0.2) is 73.6 Å². The standard InChI is InChI=1S/C25H30N2O7/c1-23(2,22(31)32)26-21(30)14-10-25(33)16-9-13-5-6-15(28)19-17(13)24(25,20(34-19)18(14)29)7-8-27(16)11-12-3-4-12/h5-6,12,16,20,28-29,33H,3-4,7-11H2,1-2H3,(H,26,30)(H,31,32)/t16-,20-,24-,25+/m0/s1. The quantitative estimate of drug-likeness (QED) is 0.435. The predicted molar refractivity (Wildman–Crippen MR) is 120 cm³/mol. The number of carbonyl (C=O) groups is 2. The number of hydrogen-bond donors (Lipinski definition) is 5. The predicted octanol–water partition coefficient (Wildman–Crippen LogP) is 1.36. The highest BCUT2D eigenvalue weighted by atomic mass is 16.5. The van der Waals surface area contributed by atoms with Crippen LogP contribution < -0.4 is 10.1 Å². The number of aliphatic carboxylic acids is 1. The number of nitrogens with zero attached hydrogens (tertiary/aromatic N) is 1. The lowest BCUT2D eigenvalue weighted by molar-refractivity contribution is -0.173. The molecule has 1 saturated heterocycles. The zero-order valence-electron chi connectivity index (χ0n) is 19.3. The lowest BCUT2D eigenvalue weighted by Gasteiger charge is -2.62. The van der Waals surface area contributed by atoms with Crippen LogP contribution in [0.4, 0.5) is 0 Å². The van der Waals surface area contributed by atoms with Crippen molar-refractivity contribution in [2.24, 2.45) is 5.92 Å². The van der Waals surface area contributed by atoms with Crippen molar-refractivity contribution in [3.8, 4) is 11.5 Å². The Hall–Kier alpha value is -2.78. The average molecular weight is 471 g/mol. The summed E-state index contributed by atoms with van der Waals surface area (Å²) >= 11 is 0. The van der Waals surface area contributed by atoms with Crippen molar-refractivity contribution in [2.45, 2.75) is 74.7 Å². The van der Waals surface area contributed by atoms with Crippen molar-refractivity contribution < 1.29 is 34.8 Å². The highest BCUT2D eigenvalue weighted by molar-refractivity contribution is 5.98. The van der Waals surface area contributed by atoms with Gasteiger partial charge in [-0.3, -0.25) is 9.69 Å². The van der Waals surface area contributed by atoms with Crippen molar-refractivity contribution >= 4 is 11.9 Å². The molecule has 0 aromatic heterocycles. The maximum Gasteiger partial charge on any atom is 0.328 e. The van der Waals surface area contributed by atoms with Crippen LogP contribution in [0.3, 0.4) is 0 Å². The maximum atomic E-state index is 13.2. The summed E-state index contributed by atoms with van der Waals surface area (Å²) in [7, 11) is 0. The molecule has 5 N–H and O–H groups in total. The molecule has 1 saturated carbocycles. The number of piperidine rings is 1. The van der Waals surface area contributed by atoms with Gasteiger partial charge in [-0.15, -0.1) is 0 Å². The molecule has 0 unspecified atom stereocenters. The monoisotopic (exact) mass is 470 g/mol. The van der Waals surface area contributed by atoms with Crippen molar-refractivity contribution in [2.75, 3.05) is 13.1 Å². The molecule has 34 heavy (non-hydrogen) atoms. The number of ether oxygens (including phenoxy) is 1. The fourth-order valence-electron chi connectivity index (χ4n) is 6.78. The van der Waals surface area contributed by atoms with Gasteiger partial charge in [0.1, 0.15) is 11.3 Å². The molecule has 2 bridgehead atoms. The van der Waals surface area contributed by atoms with Crippen LogP contribution in [0.15, 0.2) is 23.5 Å². The summed E-state index contributed by atoms with van der Waals surface area (Å²) in [4.78, 5) is 27.1. The molecule has 2 aliphatic heterocycles. The van der Waals surface area contributed by atoms with Gasteiger partial charge in [-0.1, -0.05) is 6.07 Å². The minimum Gasteiger partial charge on any atom is -0.508 e. The van der Waals surface area contributed by atoms with E-state index in [-0.39, 0.29) is 35.3 Å². The van der Waals surface area contributed by atoms with E-state index >= 15 is 0 Å². The Morgan fingerprint density at radius 1 is 1.26 bits per heavy atom. The molecule has 9 nitrogen and oxygen atoms in total. The SMILES string of the molecule is CC(C)(NC(=O)C1=C(O)[C@@H]2Oc3c(O)ccc4c3[C@@]23CCN(CC2CC2)[C@@H](C4)[C@]3(O)C1)C(=O)O. The Morgan fingerprint density at radius 2 is 2.00 bits per heavy atom. The van der Waals surface area contributed by atoms with Gasteiger partial charge < -0.3 is 30.5 Å². The second kappa shape index (κ2) is 6.66. The summed E-state index contributed by atoms with van der Waals surface area (Å²) in [6.45, 7) is 4.32. The van der Waals surface area contributed by atoms with Gasteiger partial charge in [0.15, 0.2) is 17.6 Å². The zero-order valence-corrected chi connectivity index (χ0v) is 19.3. The summed E-state index contributed by atoms with van der Waals surface area (Å²) < 4.78 is 6.14. The van der Waals surface area contributed by atoms with Crippen LogP contribution in [0, 0.1) is 5.92 Å². The fraction of sp³-hybridized carbons (Fsp3) is 0.600. The normalized spacial score (nSPS) is 33.9. The van der Waals surface area contributed by atoms with E-state index in [0.717, 1.165) is 24.2 Å². The third-order valence-electron chi connectivity index (χ3n) is 8.75. The van der Waals surface area contributed by atoms with Gasteiger partial charge in [-0.05, 0) is 63.6 Å². The molecule has 1 spiro atoms. The Labute approximate surface area is 197 Å². The number of rotatable bonds is 5. The van der Waals surface area contributed by atoms with Crippen LogP contribution in [0.25, 0.3) is 0 Å². The molecule has 3 aliphatic carbocycles. The number of aliphatic hydroxyl groups is 2. The second-order valence-electron chi connectivity index (χ2n) is 11.2. The molecule has 2 heterocycles. The highest BCUT2D eigenvalue weighted by Crippen LogP contribution is 2.66. The molecule has 0 radical (unpaired) electrons. The Kier molecular flexibility index (Phi) is 4.26. The van der Waals surface area contributed by atoms with Crippen molar-refractivity contribution in [1.82, 2.24) is 10.2 Å². The number of carboxylic acids is 1. The number of benzene rings is 1. The average Bonchev–Trinajstić information content (AvgIpc) is 3.50. The maximum absolute atomic E-state index is 13.2. The van der Waals surface area contributed by atoms with Crippen LogP contribution in [0.5, 0.6) is 11.5 Å². The molecular weight excluding hydrogens is 440 g/mol. The molecule has 1 aromatic carbocycles. The summed E-state index contributed by atoms with van der Waals surface area (Å²) in [5.74, 6) is -1.45. The lowest BCUT2D eigenvalue weighted by Crippen LogP contribution is -2.76. The first-order valence-electron chi connectivity index (χ1n) is 12.0. The Balaban J connectivity index is 1.50. The number of carbonyl (C=O) groups excluding carboxylic acids is 1. The number of phenolic OH excluding ortho intramolecular Hbond substituents is 1. The van der Waals surface area contributed by atoms with Crippen molar-refractivity contribution in [3.63, 3.8) is 0 Å². The van der Waals surface area contributed by atoms with Gasteiger partial charge >= 0.3 is 5.97 Å². The van der Waals surface area contributed by atoms with E-state index in [1.165, 1.54) is 26.7 Å². The van der Waals surface area contributed by atoms with E-state index in [4.69, 9.17) is 4.74 Å². The first-order valence-corrected chi connectivity index (χ1v) is 12.0. The Bertz CT molecular complexity index is 1160. The number of carboxylic acid groups (broad SMARTS) is 1. The summed E-state index contributed by atoms with van der Waals surface area (Å²) in [6.07, 6.45) is 2.24. The van der Waals surface area contributed by atoms with Crippen LogP contribution in [0.2, 0.25) is 0 Å². The number of nitrogens with one attached hydrogen (secondary N) is 1. The summed E-state index contributed by atoms with van der Waals surface area (Å²) in [5.41, 5.74) is -2.32. The van der Waals surface area contributed by atoms with Gasteiger partial charge in [0.25, 0.3) is 5.91 Å². The fourth-order valence-corrected chi connectivity index (χ4v) is 6.78. The van der Waals surface area contributed by atoms with Gasteiger partial charge in [0, 0.05) is 24.6 Å². The van der Waals surface area contributed by atoms with E-state index in [1.54, 1.807) is 6.07 Å². The highest BCUT2D eigenvalue weighted by Gasteiger charge is 2.73. The largest absolute Gasteiger partial charge is 0.508 e. The number of aromatic hydroxyl groups is 1. The smallest absolute Gasteiger partial charge is 0.328 e. The van der Waals surface area contributed by atoms with E-state index in [0.29, 0.717) is 18.8 Å². The van der Waals surface area contributed by atoms with Crippen molar-refractivity contribution in [3.05, 3.63) is 34.6 Å². The van der Waals surface area contributed by atoms with Gasteiger partial charge in [-0.2, -0.15) is 0 Å². The minimum atomic E-state index is -1.56. The number of amides is 1. The van der Waals surface area contributed by atoms with Crippen LogP contribution in [-0.2, 0) is 21.4 Å². The molecule has 1 amide bonds. The third-order valence-corrected chi connectivity index (χ3v) is 8.75. The molecule has 182 valence electrons. The Morgan fingerprint density at radius 3 is 2.68 bits per heavy atom. The number of likely N-dealkylation sites (tertiary alicyclic amines) is 1. The number of aliphatic hydroxyl groups excluding tert-OH is 1. The minimum absolute atomic E-state index is 0.0606. The summed E-state index contributed by atoms with van der Waals surface area (Å²) in [5, 5.41) is 46.4. The molecule has 1 aromatic rings. The first-order chi connectivity index (χ1) is 16.0. The van der Waals surface area contributed by atoms with Crippen LogP contribution >= 0.6 is 0 Å². The van der Waals surface area contributed by atoms with Crippen molar-refractivity contribution in [1.29, 1.82) is 0 Å². The molecule has 4 atom stereocenters. The van der Waals surface area contributed by atoms with Gasteiger partial charge in [0.05, 0.1) is 16.6 Å². The van der Waals surface area contributed by atoms with E-state index < -0.39 is 34.5 Å². The van der Waals surface area contributed by atoms with Gasteiger partial charge in [0.2, 0.25) is 0 Å². The van der Waals surface area contributed by atoms with Gasteiger partial charge in [-0.25, -0.2) is 4.79 Å². The van der Waals surface area contributed by atoms with Crippen LogP contribution in [0.1, 0.15) is 50.7 Å².